The molecular weight excluding hydrogens is 258 g/mol. The van der Waals surface area contributed by atoms with Crippen molar-refractivity contribution in [1.29, 1.82) is 0 Å². The summed E-state index contributed by atoms with van der Waals surface area (Å²) >= 11 is 1.56. The largest absolute Gasteiger partial charge is 0.370 e. The molecule has 0 aliphatic heterocycles. The Balaban J connectivity index is 2.55. The van der Waals surface area contributed by atoms with E-state index >= 15 is 0 Å². The third kappa shape index (κ3) is 6.63. The van der Waals surface area contributed by atoms with Crippen molar-refractivity contribution >= 4 is 23.4 Å². The topological polar surface area (TPSA) is 53.1 Å². The van der Waals surface area contributed by atoms with Gasteiger partial charge >= 0.3 is 0 Å². The fourth-order valence-electron chi connectivity index (χ4n) is 1.56. The molecule has 0 bridgehead atoms. The van der Waals surface area contributed by atoms with E-state index in [0.29, 0.717) is 0 Å². The average Bonchev–Trinajstić information content (AvgIpc) is 2.41. The van der Waals surface area contributed by atoms with Gasteiger partial charge in [-0.05, 0) is 39.7 Å². The highest BCUT2D eigenvalue weighted by Gasteiger charge is 2.03. The van der Waals surface area contributed by atoms with E-state index in [-0.39, 0.29) is 0 Å². The Labute approximate surface area is 120 Å². The van der Waals surface area contributed by atoms with Gasteiger partial charge in [-0.3, -0.25) is 0 Å². The number of rotatable bonds is 9. The monoisotopic (exact) mass is 283 g/mol. The molecule has 19 heavy (non-hydrogen) atoms. The highest BCUT2D eigenvalue weighted by atomic mass is 32.2. The third-order valence-electron chi connectivity index (χ3n) is 2.53. The first-order valence-corrected chi connectivity index (χ1v) is 7.93. The van der Waals surface area contributed by atoms with E-state index < -0.39 is 0 Å². The highest BCUT2D eigenvalue weighted by Crippen LogP contribution is 2.17. The molecule has 1 aromatic heterocycles. The molecule has 0 aromatic carbocycles. The molecule has 0 aliphatic rings. The quantitative estimate of drug-likeness (QED) is 0.412. The summed E-state index contributed by atoms with van der Waals surface area (Å²) in [6, 6.07) is 1.98. The maximum Gasteiger partial charge on any atom is 0.191 e. The molecule has 108 valence electrons. The van der Waals surface area contributed by atoms with E-state index in [0.717, 1.165) is 49.3 Å². The Morgan fingerprint density at radius 1 is 1.16 bits per heavy atom. The fraction of sp³-hybridized carbons (Fsp3) is 0.692. The number of hydrogen-bond donors (Lipinski definition) is 2. The van der Waals surface area contributed by atoms with Gasteiger partial charge in [0.1, 0.15) is 11.6 Å². The Morgan fingerprint density at radius 3 is 2.32 bits per heavy atom. The lowest BCUT2D eigenvalue weighted by molar-refractivity contribution is 0.405. The molecule has 0 saturated carbocycles. The van der Waals surface area contributed by atoms with Gasteiger partial charge in [0, 0.05) is 19.2 Å². The van der Waals surface area contributed by atoms with Crippen molar-refractivity contribution in [2.75, 3.05) is 50.6 Å². The van der Waals surface area contributed by atoms with Crippen LogP contribution in [-0.4, -0.2) is 54.9 Å². The molecule has 0 unspecified atom stereocenters. The molecule has 0 aliphatic carbocycles. The van der Waals surface area contributed by atoms with Gasteiger partial charge in [-0.2, -0.15) is 0 Å². The summed E-state index contributed by atoms with van der Waals surface area (Å²) in [5.74, 6) is 1.80. The van der Waals surface area contributed by atoms with Crippen molar-refractivity contribution in [3.63, 3.8) is 0 Å². The van der Waals surface area contributed by atoms with Crippen LogP contribution in [0.1, 0.15) is 19.8 Å². The highest BCUT2D eigenvalue weighted by molar-refractivity contribution is 7.98. The second kappa shape index (κ2) is 8.98. The van der Waals surface area contributed by atoms with Gasteiger partial charge in [-0.15, -0.1) is 0 Å². The molecule has 0 radical (unpaired) electrons. The number of nitrogens with zero attached hydrogens (tertiary/aromatic N) is 3. The lowest BCUT2D eigenvalue weighted by atomic mass is 10.4. The lowest BCUT2D eigenvalue weighted by Gasteiger charge is -2.12. The van der Waals surface area contributed by atoms with Gasteiger partial charge in [0.15, 0.2) is 5.16 Å². The lowest BCUT2D eigenvalue weighted by Crippen LogP contribution is -2.17. The number of nitrogens with one attached hydrogen (secondary N) is 2. The van der Waals surface area contributed by atoms with E-state index in [1.807, 2.05) is 12.3 Å². The molecule has 0 saturated heterocycles. The van der Waals surface area contributed by atoms with Crippen LogP contribution in [0, 0.1) is 0 Å². The zero-order chi connectivity index (χ0) is 14.1. The molecule has 1 heterocycles. The third-order valence-corrected chi connectivity index (χ3v) is 3.08. The minimum Gasteiger partial charge on any atom is -0.370 e. The van der Waals surface area contributed by atoms with E-state index in [1.165, 1.54) is 0 Å². The summed E-state index contributed by atoms with van der Waals surface area (Å²) in [5, 5.41) is 7.47. The number of thioether (sulfide) groups is 1. The summed E-state index contributed by atoms with van der Waals surface area (Å²) in [7, 11) is 4.17. The van der Waals surface area contributed by atoms with Crippen LogP contribution in [0.4, 0.5) is 11.6 Å². The van der Waals surface area contributed by atoms with Crippen LogP contribution < -0.4 is 10.6 Å². The van der Waals surface area contributed by atoms with Gasteiger partial charge in [0.2, 0.25) is 0 Å². The van der Waals surface area contributed by atoms with Crippen molar-refractivity contribution in [3.05, 3.63) is 6.07 Å². The first kappa shape index (κ1) is 16.0. The van der Waals surface area contributed by atoms with Crippen LogP contribution in [0.2, 0.25) is 0 Å². The molecule has 0 fully saturated rings. The minimum absolute atomic E-state index is 0.802. The van der Waals surface area contributed by atoms with Crippen molar-refractivity contribution < 1.29 is 0 Å². The van der Waals surface area contributed by atoms with E-state index in [4.69, 9.17) is 0 Å². The van der Waals surface area contributed by atoms with Crippen LogP contribution >= 0.6 is 11.8 Å². The average molecular weight is 283 g/mol. The second-order valence-corrected chi connectivity index (χ2v) is 5.41. The first-order chi connectivity index (χ1) is 9.15. The van der Waals surface area contributed by atoms with E-state index in [9.17, 15) is 0 Å². The molecule has 2 N–H and O–H groups in total. The molecule has 0 spiro atoms. The summed E-state index contributed by atoms with van der Waals surface area (Å²) < 4.78 is 0. The van der Waals surface area contributed by atoms with E-state index in [1.54, 1.807) is 11.8 Å². The minimum atomic E-state index is 0.802. The van der Waals surface area contributed by atoms with Crippen LogP contribution in [0.25, 0.3) is 0 Å². The van der Waals surface area contributed by atoms with Gasteiger partial charge in [0.25, 0.3) is 0 Å². The van der Waals surface area contributed by atoms with Crippen LogP contribution in [0.15, 0.2) is 11.2 Å². The molecule has 0 amide bonds. The Kier molecular flexibility index (Phi) is 7.59. The molecular formula is C13H25N5S. The molecule has 6 heteroatoms. The first-order valence-electron chi connectivity index (χ1n) is 6.71. The molecule has 1 aromatic rings. The molecule has 1 rings (SSSR count). The van der Waals surface area contributed by atoms with Crippen LogP contribution in [0.5, 0.6) is 0 Å². The Hall–Kier alpha value is -1.01. The van der Waals surface area contributed by atoms with Crippen LogP contribution in [-0.2, 0) is 0 Å². The van der Waals surface area contributed by atoms with Gasteiger partial charge in [-0.25, -0.2) is 9.97 Å². The Bertz CT molecular complexity index is 370. The van der Waals surface area contributed by atoms with Crippen molar-refractivity contribution in [2.45, 2.75) is 24.9 Å². The molecule has 5 nitrogen and oxygen atoms in total. The number of anilines is 2. The second-order valence-electron chi connectivity index (χ2n) is 4.64. The predicted octanol–water partition coefficient (Wildman–Crippen LogP) is 2.38. The predicted molar refractivity (Wildman–Crippen MR) is 84.3 cm³/mol. The summed E-state index contributed by atoms with van der Waals surface area (Å²) in [6.45, 7) is 5.08. The summed E-state index contributed by atoms with van der Waals surface area (Å²) in [5.41, 5.74) is 0. The standard InChI is InChI=1S/C13H25N5S/c1-5-7-14-11-10-12(17-13(16-11)19-4)15-8-6-9-18(2)3/h10H,5-9H2,1-4H3,(H2,14,15,16,17). The van der Waals surface area contributed by atoms with E-state index in [2.05, 4.69) is 46.5 Å². The maximum atomic E-state index is 4.46. The molecule has 0 atom stereocenters. The Morgan fingerprint density at radius 2 is 1.79 bits per heavy atom. The van der Waals surface area contributed by atoms with Crippen molar-refractivity contribution in [2.24, 2.45) is 0 Å². The smallest absolute Gasteiger partial charge is 0.191 e. The zero-order valence-corrected chi connectivity index (χ0v) is 13.2. The van der Waals surface area contributed by atoms with Gasteiger partial charge in [0.05, 0.1) is 0 Å². The number of hydrogen-bond acceptors (Lipinski definition) is 6. The van der Waals surface area contributed by atoms with Crippen molar-refractivity contribution in [3.8, 4) is 0 Å². The number of aromatic nitrogens is 2. The van der Waals surface area contributed by atoms with Gasteiger partial charge in [-0.1, -0.05) is 18.7 Å². The SMILES string of the molecule is CCCNc1cc(NCCCN(C)C)nc(SC)n1. The van der Waals surface area contributed by atoms with Crippen molar-refractivity contribution in [1.82, 2.24) is 14.9 Å². The van der Waals surface area contributed by atoms with Crippen LogP contribution in [0.3, 0.4) is 0 Å². The maximum absolute atomic E-state index is 4.46. The normalized spacial score (nSPS) is 10.8. The zero-order valence-electron chi connectivity index (χ0n) is 12.4. The summed E-state index contributed by atoms with van der Waals surface area (Å²) in [6.07, 6.45) is 4.18. The summed E-state index contributed by atoms with van der Waals surface area (Å²) in [4.78, 5) is 11.1. The van der Waals surface area contributed by atoms with Gasteiger partial charge < -0.3 is 15.5 Å². The fourth-order valence-corrected chi connectivity index (χ4v) is 1.94.